The number of hydrogen-bond donors (Lipinski definition) is 2. The Hall–Kier alpha value is -1.38. The molecule has 178 valence electrons. The summed E-state index contributed by atoms with van der Waals surface area (Å²) in [5, 5.41) is 23.0. The number of ketones is 2. The molecule has 0 aromatic carbocycles. The SMILES string of the molecule is COC(=O)CS(=O)CC(=O)[C@@]1(O)CC[C@H]2[C@@H]3CCC4=CC(=O)CC[C@]4(C)[C@H]3[C@@H](O)C[C@@]21C. The van der Waals surface area contributed by atoms with Gasteiger partial charge in [0, 0.05) is 22.6 Å². The molecule has 0 aliphatic heterocycles. The fourth-order valence-corrected chi connectivity index (χ4v) is 8.67. The van der Waals surface area contributed by atoms with Gasteiger partial charge in [0.15, 0.2) is 11.6 Å². The Morgan fingerprint density at radius 1 is 1.19 bits per heavy atom. The van der Waals surface area contributed by atoms with Crippen LogP contribution in [0.15, 0.2) is 11.6 Å². The Bertz CT molecular complexity index is 897. The van der Waals surface area contributed by atoms with Crippen LogP contribution in [0.3, 0.4) is 0 Å². The molecule has 7 nitrogen and oxygen atoms in total. The van der Waals surface area contributed by atoms with Gasteiger partial charge >= 0.3 is 5.97 Å². The lowest BCUT2D eigenvalue weighted by molar-refractivity contribution is -0.178. The summed E-state index contributed by atoms with van der Waals surface area (Å²) in [4.78, 5) is 36.6. The molecular weight excluding hydrogens is 432 g/mol. The van der Waals surface area contributed by atoms with E-state index in [1.807, 2.05) is 6.92 Å². The highest BCUT2D eigenvalue weighted by Gasteiger charge is 2.68. The van der Waals surface area contributed by atoms with Crippen molar-refractivity contribution in [3.63, 3.8) is 0 Å². The molecule has 4 aliphatic rings. The van der Waals surface area contributed by atoms with E-state index in [4.69, 9.17) is 0 Å². The zero-order valence-electron chi connectivity index (χ0n) is 19.1. The average molecular weight is 467 g/mol. The van der Waals surface area contributed by atoms with E-state index >= 15 is 0 Å². The quantitative estimate of drug-likeness (QED) is 0.592. The van der Waals surface area contributed by atoms with Crippen molar-refractivity contribution in [1.29, 1.82) is 0 Å². The number of ether oxygens (including phenoxy) is 1. The van der Waals surface area contributed by atoms with Crippen molar-refractivity contribution in [2.24, 2.45) is 28.6 Å². The Labute approximate surface area is 191 Å². The van der Waals surface area contributed by atoms with Gasteiger partial charge in [0.2, 0.25) is 0 Å². The molecule has 0 aromatic heterocycles. The monoisotopic (exact) mass is 466 g/mol. The molecule has 0 aromatic rings. The van der Waals surface area contributed by atoms with E-state index in [9.17, 15) is 28.8 Å². The maximum atomic E-state index is 13.2. The maximum absolute atomic E-state index is 13.2. The summed E-state index contributed by atoms with van der Waals surface area (Å²) in [6.45, 7) is 4.06. The molecule has 0 heterocycles. The fraction of sp³-hybridized carbons (Fsp3) is 0.792. The highest BCUT2D eigenvalue weighted by molar-refractivity contribution is 7.86. The van der Waals surface area contributed by atoms with Crippen molar-refractivity contribution in [3.8, 4) is 0 Å². The van der Waals surface area contributed by atoms with Crippen molar-refractivity contribution in [2.75, 3.05) is 18.6 Å². The minimum Gasteiger partial charge on any atom is -0.468 e. The van der Waals surface area contributed by atoms with Crippen LogP contribution in [0.25, 0.3) is 0 Å². The first-order valence-electron chi connectivity index (χ1n) is 11.6. The minimum absolute atomic E-state index is 0.000386. The van der Waals surface area contributed by atoms with Crippen LogP contribution in [0.4, 0.5) is 0 Å². The predicted octanol–water partition coefficient (Wildman–Crippen LogP) is 1.71. The third kappa shape index (κ3) is 3.44. The van der Waals surface area contributed by atoms with E-state index in [0.29, 0.717) is 19.3 Å². The van der Waals surface area contributed by atoms with Crippen LogP contribution in [0, 0.1) is 28.6 Å². The van der Waals surface area contributed by atoms with E-state index < -0.39 is 45.4 Å². The number of Topliss-reactive ketones (excluding diaryl/α,β-unsaturated/α-hetero) is 1. The molecule has 0 amide bonds. The van der Waals surface area contributed by atoms with Crippen LogP contribution in [0.1, 0.15) is 58.8 Å². The molecule has 32 heavy (non-hydrogen) atoms. The Morgan fingerprint density at radius 3 is 2.59 bits per heavy atom. The molecular formula is C24H34O7S. The first kappa shape index (κ1) is 23.8. The molecule has 1 unspecified atom stereocenters. The number of fused-ring (bicyclic) bond motifs is 5. The first-order valence-corrected chi connectivity index (χ1v) is 13.0. The lowest BCUT2D eigenvalue weighted by Crippen LogP contribution is -2.62. The number of carbonyl (C=O) groups is 3. The van der Waals surface area contributed by atoms with Gasteiger partial charge in [0.25, 0.3) is 0 Å². The van der Waals surface area contributed by atoms with Crippen LogP contribution in [0.2, 0.25) is 0 Å². The first-order chi connectivity index (χ1) is 15.0. The van der Waals surface area contributed by atoms with Crippen molar-refractivity contribution < 1.29 is 33.5 Å². The van der Waals surface area contributed by atoms with Gasteiger partial charge in [-0.25, -0.2) is 0 Å². The third-order valence-electron chi connectivity index (χ3n) is 9.31. The summed E-state index contributed by atoms with van der Waals surface area (Å²) < 4.78 is 16.8. The third-order valence-corrected chi connectivity index (χ3v) is 10.5. The minimum atomic E-state index is -1.75. The van der Waals surface area contributed by atoms with Gasteiger partial charge in [-0.3, -0.25) is 18.6 Å². The molecule has 3 saturated carbocycles. The predicted molar refractivity (Wildman–Crippen MR) is 118 cm³/mol. The fourth-order valence-electron chi connectivity index (χ4n) is 7.66. The van der Waals surface area contributed by atoms with Crippen LogP contribution < -0.4 is 0 Å². The van der Waals surface area contributed by atoms with E-state index in [1.165, 1.54) is 7.11 Å². The van der Waals surface area contributed by atoms with Gasteiger partial charge in [0.1, 0.15) is 11.4 Å². The van der Waals surface area contributed by atoms with Gasteiger partial charge in [-0.2, -0.15) is 0 Å². The van der Waals surface area contributed by atoms with Crippen molar-refractivity contribution in [2.45, 2.75) is 70.5 Å². The van der Waals surface area contributed by atoms with Crippen molar-refractivity contribution in [1.82, 2.24) is 0 Å². The molecule has 0 bridgehead atoms. The second kappa shape index (κ2) is 8.13. The summed E-state index contributed by atoms with van der Waals surface area (Å²) in [6, 6.07) is 0. The molecule has 0 spiro atoms. The number of hydrogen-bond acceptors (Lipinski definition) is 7. The zero-order chi connectivity index (χ0) is 23.5. The highest BCUT2D eigenvalue weighted by Crippen LogP contribution is 2.67. The second-order valence-electron chi connectivity index (χ2n) is 10.7. The topological polar surface area (TPSA) is 118 Å². The largest absolute Gasteiger partial charge is 0.468 e. The molecule has 3 fully saturated rings. The molecule has 2 N–H and O–H groups in total. The molecule has 0 saturated heterocycles. The Balaban J connectivity index is 1.60. The van der Waals surface area contributed by atoms with E-state index in [1.54, 1.807) is 6.08 Å². The second-order valence-corrected chi connectivity index (χ2v) is 12.2. The molecule has 0 radical (unpaired) electrons. The standard InChI is InChI=1S/C24H34O7S/c1-22-8-6-15(25)10-14(22)4-5-16-17-7-9-24(29,23(17,2)11-18(26)21(16)22)19(27)12-32(30)13-20(28)31-3/h10,16-18,21,26,29H,4-9,11-13H2,1-3H3/t16-,17-,18-,21+,22-,23-,24-,32?/m0/s1. The number of allylic oxidation sites excluding steroid dienone is 1. The smallest absolute Gasteiger partial charge is 0.318 e. The lowest BCUT2D eigenvalue weighted by atomic mass is 9.45. The van der Waals surface area contributed by atoms with E-state index in [0.717, 1.165) is 24.8 Å². The van der Waals surface area contributed by atoms with Gasteiger partial charge < -0.3 is 14.9 Å². The summed E-state index contributed by atoms with van der Waals surface area (Å²) >= 11 is 0. The van der Waals surface area contributed by atoms with E-state index in [2.05, 4.69) is 11.7 Å². The van der Waals surface area contributed by atoms with Crippen molar-refractivity contribution >= 4 is 28.3 Å². The van der Waals surface area contributed by atoms with Crippen LogP contribution in [-0.2, 0) is 29.9 Å². The summed E-state index contributed by atoms with van der Waals surface area (Å²) in [5.74, 6) is -1.56. The van der Waals surface area contributed by atoms with Crippen LogP contribution >= 0.6 is 0 Å². The zero-order valence-corrected chi connectivity index (χ0v) is 19.9. The highest BCUT2D eigenvalue weighted by atomic mass is 32.2. The number of carbonyl (C=O) groups excluding carboxylic acids is 3. The number of aliphatic hydroxyl groups excluding tert-OH is 1. The Morgan fingerprint density at radius 2 is 1.91 bits per heavy atom. The molecule has 4 rings (SSSR count). The van der Waals surface area contributed by atoms with Gasteiger partial charge in [-0.15, -0.1) is 0 Å². The normalized spacial score (nSPS) is 44.0. The van der Waals surface area contributed by atoms with Crippen LogP contribution in [0.5, 0.6) is 0 Å². The van der Waals surface area contributed by atoms with Gasteiger partial charge in [0.05, 0.1) is 19.0 Å². The molecule has 8 heteroatoms. The lowest BCUT2D eigenvalue weighted by Gasteiger charge is -2.60. The van der Waals surface area contributed by atoms with Gasteiger partial charge in [-0.1, -0.05) is 19.4 Å². The molecule has 4 aliphatic carbocycles. The summed E-state index contributed by atoms with van der Waals surface area (Å²) in [6.07, 6.45) is 5.18. The summed E-state index contributed by atoms with van der Waals surface area (Å²) in [5.41, 5.74) is -1.58. The number of rotatable bonds is 5. The summed E-state index contributed by atoms with van der Waals surface area (Å²) in [7, 11) is -0.552. The van der Waals surface area contributed by atoms with Crippen LogP contribution in [-0.4, -0.2) is 62.3 Å². The number of esters is 1. The number of aliphatic hydroxyl groups is 2. The number of methoxy groups -OCH3 is 1. The van der Waals surface area contributed by atoms with E-state index in [-0.39, 0.29) is 41.1 Å². The molecule has 8 atom stereocenters. The Kier molecular flexibility index (Phi) is 6.04. The average Bonchev–Trinajstić information content (AvgIpc) is 2.99. The van der Waals surface area contributed by atoms with Gasteiger partial charge in [-0.05, 0) is 67.8 Å². The maximum Gasteiger partial charge on any atom is 0.318 e. The van der Waals surface area contributed by atoms with Crippen molar-refractivity contribution in [3.05, 3.63) is 11.6 Å².